The molecule has 0 aromatic heterocycles. The number of carbonyl (C=O) groups excluding carboxylic acids is 4. The van der Waals surface area contributed by atoms with Crippen LogP contribution in [-0.4, -0.2) is 41.2 Å². The number of fused-ring (bicyclic) bond motifs is 1. The van der Waals surface area contributed by atoms with E-state index in [0.717, 1.165) is 27.8 Å². The van der Waals surface area contributed by atoms with Gasteiger partial charge < -0.3 is 10.1 Å². The Balaban J connectivity index is 1.55. The zero-order valence-electron chi connectivity index (χ0n) is 15.9. The molecule has 2 fully saturated rings. The Morgan fingerprint density at radius 3 is 2.39 bits per heavy atom. The first-order valence-electron chi connectivity index (χ1n) is 9.39. The number of aryl methyl sites for hydroxylation is 1. The highest BCUT2D eigenvalue weighted by molar-refractivity contribution is 9.10. The molecule has 1 aliphatic heterocycles. The third-order valence-corrected chi connectivity index (χ3v) is 6.28. The van der Waals surface area contributed by atoms with E-state index in [2.05, 4.69) is 21.2 Å². The number of rotatable bonds is 5. The van der Waals surface area contributed by atoms with Gasteiger partial charge in [0.2, 0.25) is 11.8 Å². The number of hydrogen-bond acceptors (Lipinski definition) is 5. The summed E-state index contributed by atoms with van der Waals surface area (Å²) in [5.41, 5.74) is 1.54. The third-order valence-electron chi connectivity index (χ3n) is 5.39. The van der Waals surface area contributed by atoms with E-state index in [1.165, 1.54) is 6.92 Å². The van der Waals surface area contributed by atoms with Gasteiger partial charge in [-0.1, -0.05) is 28.8 Å². The summed E-state index contributed by atoms with van der Waals surface area (Å²) in [4.78, 5) is 50.5. The Hall–Kier alpha value is -2.22. The van der Waals surface area contributed by atoms with Crippen LogP contribution in [0.2, 0.25) is 0 Å². The van der Waals surface area contributed by atoms with Crippen LogP contribution in [0, 0.1) is 18.8 Å². The lowest BCUT2D eigenvalue weighted by Crippen LogP contribution is -2.45. The van der Waals surface area contributed by atoms with Crippen molar-refractivity contribution in [1.29, 1.82) is 0 Å². The fourth-order valence-electron chi connectivity index (χ4n) is 3.85. The molecule has 28 heavy (non-hydrogen) atoms. The van der Waals surface area contributed by atoms with Gasteiger partial charge in [-0.25, -0.2) is 4.79 Å². The Morgan fingerprint density at radius 2 is 1.82 bits per heavy atom. The molecule has 1 aromatic rings. The summed E-state index contributed by atoms with van der Waals surface area (Å²) >= 11 is 3.38. The largest absolute Gasteiger partial charge is 0.454 e. The monoisotopic (exact) mass is 450 g/mol. The van der Waals surface area contributed by atoms with Gasteiger partial charge in [0.15, 0.2) is 6.61 Å². The fraction of sp³-hybridized carbons (Fsp3) is 0.500. The maximum atomic E-state index is 12.5. The molecule has 3 rings (SSSR count). The lowest BCUT2D eigenvalue weighted by molar-refractivity contribution is -0.159. The Bertz CT molecular complexity index is 801. The summed E-state index contributed by atoms with van der Waals surface area (Å²) < 4.78 is 5.97. The minimum absolute atomic E-state index is 0.297. The molecule has 150 valence electrons. The van der Waals surface area contributed by atoms with Crippen LogP contribution in [0.25, 0.3) is 0 Å². The van der Waals surface area contributed by atoms with Gasteiger partial charge in [-0.3, -0.25) is 19.3 Å². The molecule has 1 aliphatic carbocycles. The number of nitrogens with zero attached hydrogens (tertiary/aromatic N) is 1. The van der Waals surface area contributed by atoms with Crippen LogP contribution in [0.1, 0.15) is 38.2 Å². The average Bonchev–Trinajstić information content (AvgIpc) is 2.93. The number of ether oxygens (including phenoxy) is 1. The molecular formula is C20H23BrN2O5. The number of esters is 1. The number of nitrogens with one attached hydrogen (secondary N) is 1. The maximum Gasteiger partial charge on any atom is 0.329 e. The lowest BCUT2D eigenvalue weighted by Gasteiger charge is -2.21. The van der Waals surface area contributed by atoms with Gasteiger partial charge in [0.05, 0.1) is 11.8 Å². The van der Waals surface area contributed by atoms with Crippen LogP contribution >= 0.6 is 15.9 Å². The SMILES string of the molecule is Cc1cc(NC(=O)COC(=O)[C@H](C)N2C(=O)C3CCCCC3C2=O)ccc1Br. The molecule has 7 nitrogen and oxygen atoms in total. The van der Waals surface area contributed by atoms with Crippen molar-refractivity contribution in [2.45, 2.75) is 45.6 Å². The summed E-state index contributed by atoms with van der Waals surface area (Å²) in [6.07, 6.45) is 3.20. The van der Waals surface area contributed by atoms with E-state index in [0.29, 0.717) is 18.5 Å². The molecule has 1 N–H and O–H groups in total. The van der Waals surface area contributed by atoms with Crippen molar-refractivity contribution in [3.05, 3.63) is 28.2 Å². The van der Waals surface area contributed by atoms with Crippen molar-refractivity contribution in [1.82, 2.24) is 4.90 Å². The number of carbonyl (C=O) groups is 4. The average molecular weight is 451 g/mol. The summed E-state index contributed by atoms with van der Waals surface area (Å²) in [6.45, 7) is 2.87. The van der Waals surface area contributed by atoms with Gasteiger partial charge in [0, 0.05) is 10.2 Å². The molecule has 0 radical (unpaired) electrons. The van der Waals surface area contributed by atoms with E-state index in [4.69, 9.17) is 4.74 Å². The minimum Gasteiger partial charge on any atom is -0.454 e. The predicted molar refractivity (Wildman–Crippen MR) is 105 cm³/mol. The van der Waals surface area contributed by atoms with Crippen molar-refractivity contribution < 1.29 is 23.9 Å². The van der Waals surface area contributed by atoms with Gasteiger partial charge in [-0.05, 0) is 50.5 Å². The summed E-state index contributed by atoms with van der Waals surface area (Å²) in [5.74, 6) is -2.48. The molecule has 1 aromatic carbocycles. The van der Waals surface area contributed by atoms with Crippen molar-refractivity contribution in [3.63, 3.8) is 0 Å². The number of imide groups is 1. The molecular weight excluding hydrogens is 428 g/mol. The quantitative estimate of drug-likeness (QED) is 0.549. The molecule has 2 aliphatic rings. The van der Waals surface area contributed by atoms with Crippen LogP contribution in [0.3, 0.4) is 0 Å². The number of anilines is 1. The lowest BCUT2D eigenvalue weighted by atomic mass is 9.81. The van der Waals surface area contributed by atoms with E-state index in [1.807, 2.05) is 13.0 Å². The fourth-order valence-corrected chi connectivity index (χ4v) is 4.10. The van der Waals surface area contributed by atoms with Gasteiger partial charge in [-0.15, -0.1) is 0 Å². The van der Waals surface area contributed by atoms with Crippen molar-refractivity contribution >= 4 is 45.3 Å². The Labute approximate surface area is 171 Å². The minimum atomic E-state index is -1.03. The van der Waals surface area contributed by atoms with Crippen molar-refractivity contribution in [2.75, 3.05) is 11.9 Å². The zero-order chi connectivity index (χ0) is 20.4. The normalized spacial score (nSPS) is 22.6. The zero-order valence-corrected chi connectivity index (χ0v) is 17.5. The molecule has 8 heteroatoms. The topological polar surface area (TPSA) is 92.8 Å². The van der Waals surface area contributed by atoms with Crippen LogP contribution in [0.5, 0.6) is 0 Å². The molecule has 3 atom stereocenters. The standard InChI is InChI=1S/C20H23BrN2O5/c1-11-9-13(7-8-16(11)21)22-17(24)10-28-20(27)12(2)23-18(25)14-5-3-4-6-15(14)19(23)26/h7-9,12,14-15H,3-6,10H2,1-2H3,(H,22,24)/t12-,14?,15?/m0/s1. The Morgan fingerprint density at radius 1 is 1.21 bits per heavy atom. The van der Waals surface area contributed by atoms with Crippen LogP contribution in [0.15, 0.2) is 22.7 Å². The molecule has 2 unspecified atom stereocenters. The summed E-state index contributed by atoms with van der Waals surface area (Å²) in [5, 5.41) is 2.65. The Kier molecular flexibility index (Phi) is 6.17. The van der Waals surface area contributed by atoms with Crippen LogP contribution in [0.4, 0.5) is 5.69 Å². The number of hydrogen-bond donors (Lipinski definition) is 1. The second-order valence-corrected chi connectivity index (χ2v) is 8.19. The van der Waals surface area contributed by atoms with E-state index < -0.39 is 24.5 Å². The van der Waals surface area contributed by atoms with Gasteiger partial charge >= 0.3 is 5.97 Å². The first kappa shape index (κ1) is 20.5. The smallest absolute Gasteiger partial charge is 0.329 e. The molecule has 1 heterocycles. The van der Waals surface area contributed by atoms with E-state index in [-0.39, 0.29) is 23.7 Å². The van der Waals surface area contributed by atoms with Crippen LogP contribution in [-0.2, 0) is 23.9 Å². The first-order chi connectivity index (χ1) is 13.3. The second kappa shape index (κ2) is 8.43. The summed E-state index contributed by atoms with van der Waals surface area (Å²) in [7, 11) is 0. The van der Waals surface area contributed by atoms with Gasteiger partial charge in [0.25, 0.3) is 5.91 Å². The second-order valence-electron chi connectivity index (χ2n) is 7.34. The molecule has 0 spiro atoms. The summed E-state index contributed by atoms with van der Waals surface area (Å²) in [6, 6.07) is 4.29. The highest BCUT2D eigenvalue weighted by Gasteiger charge is 2.51. The van der Waals surface area contributed by atoms with Gasteiger partial charge in [0.1, 0.15) is 6.04 Å². The van der Waals surface area contributed by atoms with E-state index in [9.17, 15) is 19.2 Å². The highest BCUT2D eigenvalue weighted by Crippen LogP contribution is 2.38. The number of benzene rings is 1. The number of amides is 3. The highest BCUT2D eigenvalue weighted by atomic mass is 79.9. The molecule has 1 saturated carbocycles. The maximum absolute atomic E-state index is 12.5. The third kappa shape index (κ3) is 4.11. The molecule has 1 saturated heterocycles. The van der Waals surface area contributed by atoms with Crippen molar-refractivity contribution in [3.8, 4) is 0 Å². The van der Waals surface area contributed by atoms with E-state index >= 15 is 0 Å². The van der Waals surface area contributed by atoms with E-state index in [1.54, 1.807) is 12.1 Å². The van der Waals surface area contributed by atoms with Gasteiger partial charge in [-0.2, -0.15) is 0 Å². The molecule has 3 amide bonds. The van der Waals surface area contributed by atoms with Crippen LogP contribution < -0.4 is 5.32 Å². The number of halogens is 1. The molecule has 0 bridgehead atoms. The van der Waals surface area contributed by atoms with Crippen molar-refractivity contribution in [2.24, 2.45) is 11.8 Å². The number of likely N-dealkylation sites (tertiary alicyclic amines) is 1. The predicted octanol–water partition coefficient (Wildman–Crippen LogP) is 2.80. The first-order valence-corrected chi connectivity index (χ1v) is 10.2.